The maximum Gasteiger partial charge on any atom is 0.254 e. The molecule has 0 radical (unpaired) electrons. The minimum absolute atomic E-state index is 0.0217. The highest BCUT2D eigenvalue weighted by atomic mass is 32.1. The number of hydrogen-bond donors (Lipinski definition) is 2. The summed E-state index contributed by atoms with van der Waals surface area (Å²) in [5.41, 5.74) is -0.298. The van der Waals surface area contributed by atoms with Crippen LogP contribution < -0.4 is 0 Å². The number of carbonyl (C=O) groups excluding carboxylic acids is 1. The van der Waals surface area contributed by atoms with E-state index in [0.717, 1.165) is 6.42 Å². The number of amides is 1. The molecular weight excluding hydrogens is 238 g/mol. The first-order valence-corrected chi connectivity index (χ1v) is 6.74. The number of nitrogens with zero attached hydrogens (tertiary/aromatic N) is 1. The van der Waals surface area contributed by atoms with Crippen LogP contribution in [0.2, 0.25) is 0 Å². The molecule has 0 spiro atoms. The lowest BCUT2D eigenvalue weighted by Crippen LogP contribution is -2.36. The number of rotatable bonds is 2. The first-order valence-electron chi connectivity index (χ1n) is 5.79. The van der Waals surface area contributed by atoms with E-state index in [-0.39, 0.29) is 12.5 Å². The Labute approximate surface area is 104 Å². The maximum absolute atomic E-state index is 12.1. The third kappa shape index (κ3) is 2.86. The van der Waals surface area contributed by atoms with Crippen LogP contribution in [0.5, 0.6) is 0 Å². The molecule has 0 aromatic carbocycles. The predicted octanol–water partition coefficient (Wildman–Crippen LogP) is 1.10. The zero-order valence-electron chi connectivity index (χ0n) is 9.63. The van der Waals surface area contributed by atoms with Gasteiger partial charge in [-0.1, -0.05) is 0 Å². The monoisotopic (exact) mass is 255 g/mol. The number of aliphatic hydroxyl groups excluding tert-OH is 1. The first-order chi connectivity index (χ1) is 8.14. The molecule has 4 nitrogen and oxygen atoms in total. The van der Waals surface area contributed by atoms with Crippen LogP contribution in [-0.4, -0.2) is 46.3 Å². The second-order valence-electron chi connectivity index (χ2n) is 4.54. The van der Waals surface area contributed by atoms with Crippen LogP contribution >= 0.6 is 11.3 Å². The van der Waals surface area contributed by atoms with E-state index in [1.165, 1.54) is 11.3 Å². The zero-order valence-corrected chi connectivity index (χ0v) is 10.4. The molecule has 2 heterocycles. The zero-order chi connectivity index (χ0) is 12.3. The standard InChI is InChI=1S/C12H17NO3S/c14-9-12(16)3-1-5-13(6-4-12)11(15)10-2-7-17-8-10/h2,7-8,14,16H,1,3-6,9H2/t12-/m1/s1. The Hall–Kier alpha value is -0.910. The van der Waals surface area contributed by atoms with Crippen LogP contribution in [0, 0.1) is 0 Å². The van der Waals surface area contributed by atoms with Gasteiger partial charge in [0.1, 0.15) is 0 Å². The lowest BCUT2D eigenvalue weighted by molar-refractivity contribution is -0.0250. The van der Waals surface area contributed by atoms with E-state index >= 15 is 0 Å². The summed E-state index contributed by atoms with van der Waals surface area (Å²) in [6.45, 7) is 0.927. The Kier molecular flexibility index (Phi) is 3.81. The molecule has 1 amide bonds. The van der Waals surface area contributed by atoms with Crippen molar-refractivity contribution in [3.8, 4) is 0 Å². The molecule has 94 valence electrons. The highest BCUT2D eigenvalue weighted by Crippen LogP contribution is 2.23. The normalized spacial score (nSPS) is 25.6. The van der Waals surface area contributed by atoms with Crippen LogP contribution in [0.1, 0.15) is 29.6 Å². The number of likely N-dealkylation sites (tertiary alicyclic amines) is 1. The molecule has 0 bridgehead atoms. The van der Waals surface area contributed by atoms with E-state index in [0.29, 0.717) is 31.5 Å². The summed E-state index contributed by atoms with van der Waals surface area (Å²) >= 11 is 1.50. The van der Waals surface area contributed by atoms with Gasteiger partial charge in [0.15, 0.2) is 0 Å². The molecule has 5 heteroatoms. The fourth-order valence-electron chi connectivity index (χ4n) is 2.11. The number of aliphatic hydroxyl groups is 2. The van der Waals surface area contributed by atoms with Crippen LogP contribution in [0.4, 0.5) is 0 Å². The Morgan fingerprint density at radius 1 is 1.47 bits per heavy atom. The Bertz CT molecular complexity index is 379. The van der Waals surface area contributed by atoms with Gasteiger partial charge in [-0.15, -0.1) is 0 Å². The second kappa shape index (κ2) is 5.16. The minimum Gasteiger partial charge on any atom is -0.393 e. The van der Waals surface area contributed by atoms with Crippen molar-refractivity contribution in [1.82, 2.24) is 4.90 Å². The molecule has 1 aromatic heterocycles. The Balaban J connectivity index is 2.02. The smallest absolute Gasteiger partial charge is 0.254 e. The second-order valence-corrected chi connectivity index (χ2v) is 5.32. The van der Waals surface area contributed by atoms with Crippen molar-refractivity contribution in [2.24, 2.45) is 0 Å². The van der Waals surface area contributed by atoms with Crippen molar-refractivity contribution in [3.63, 3.8) is 0 Å². The fraction of sp³-hybridized carbons (Fsp3) is 0.583. The SMILES string of the molecule is O=C(c1ccsc1)N1CCC[C@](O)(CO)CC1. The summed E-state index contributed by atoms with van der Waals surface area (Å²) in [4.78, 5) is 13.9. The average molecular weight is 255 g/mol. The van der Waals surface area contributed by atoms with Gasteiger partial charge in [-0.3, -0.25) is 4.79 Å². The molecule has 1 aliphatic heterocycles. The van der Waals surface area contributed by atoms with Crippen LogP contribution in [0.3, 0.4) is 0 Å². The molecular formula is C12H17NO3S. The van der Waals surface area contributed by atoms with Gasteiger partial charge in [0, 0.05) is 18.5 Å². The summed E-state index contributed by atoms with van der Waals surface area (Å²) in [6, 6.07) is 1.82. The third-order valence-electron chi connectivity index (χ3n) is 3.27. The molecule has 1 saturated heterocycles. The quantitative estimate of drug-likeness (QED) is 0.832. The van der Waals surface area contributed by atoms with E-state index < -0.39 is 5.60 Å². The van der Waals surface area contributed by atoms with Crippen LogP contribution in [-0.2, 0) is 0 Å². The van der Waals surface area contributed by atoms with Crippen molar-refractivity contribution in [2.75, 3.05) is 19.7 Å². The summed E-state index contributed by atoms with van der Waals surface area (Å²) in [7, 11) is 0. The fourth-order valence-corrected chi connectivity index (χ4v) is 2.74. The van der Waals surface area contributed by atoms with Crippen molar-refractivity contribution in [1.29, 1.82) is 0 Å². The molecule has 1 aromatic rings. The van der Waals surface area contributed by atoms with E-state index in [9.17, 15) is 9.90 Å². The summed E-state index contributed by atoms with van der Waals surface area (Å²) in [5.74, 6) is 0.0217. The van der Waals surface area contributed by atoms with Crippen LogP contribution in [0.25, 0.3) is 0 Å². The van der Waals surface area contributed by atoms with Gasteiger partial charge >= 0.3 is 0 Å². The summed E-state index contributed by atoms with van der Waals surface area (Å²) in [6.07, 6.45) is 1.73. The predicted molar refractivity (Wildman–Crippen MR) is 66.1 cm³/mol. The van der Waals surface area contributed by atoms with Gasteiger partial charge in [0.05, 0.1) is 17.8 Å². The molecule has 0 unspecified atom stereocenters. The number of carbonyl (C=O) groups is 1. The van der Waals surface area contributed by atoms with E-state index in [1.807, 2.05) is 16.8 Å². The van der Waals surface area contributed by atoms with Gasteiger partial charge < -0.3 is 15.1 Å². The molecule has 2 N–H and O–H groups in total. The Morgan fingerprint density at radius 3 is 2.94 bits per heavy atom. The first kappa shape index (κ1) is 12.5. The van der Waals surface area contributed by atoms with Crippen molar-refractivity contribution < 1.29 is 15.0 Å². The Morgan fingerprint density at radius 2 is 2.29 bits per heavy atom. The molecule has 17 heavy (non-hydrogen) atoms. The van der Waals surface area contributed by atoms with E-state index in [2.05, 4.69) is 0 Å². The summed E-state index contributed by atoms with van der Waals surface area (Å²) < 4.78 is 0. The third-order valence-corrected chi connectivity index (χ3v) is 3.95. The topological polar surface area (TPSA) is 60.8 Å². The highest BCUT2D eigenvalue weighted by Gasteiger charge is 2.30. The van der Waals surface area contributed by atoms with Gasteiger partial charge in [-0.2, -0.15) is 11.3 Å². The highest BCUT2D eigenvalue weighted by molar-refractivity contribution is 7.08. The van der Waals surface area contributed by atoms with Gasteiger partial charge in [-0.05, 0) is 30.7 Å². The maximum atomic E-state index is 12.1. The molecule has 1 atom stereocenters. The largest absolute Gasteiger partial charge is 0.393 e. The molecule has 0 saturated carbocycles. The molecule has 1 fully saturated rings. The number of hydrogen-bond acceptors (Lipinski definition) is 4. The van der Waals surface area contributed by atoms with Crippen molar-refractivity contribution in [3.05, 3.63) is 22.4 Å². The molecule has 2 rings (SSSR count). The lowest BCUT2D eigenvalue weighted by Gasteiger charge is -2.24. The van der Waals surface area contributed by atoms with Gasteiger partial charge in [0.25, 0.3) is 5.91 Å². The van der Waals surface area contributed by atoms with Crippen molar-refractivity contribution >= 4 is 17.2 Å². The number of thiophene rings is 1. The van der Waals surface area contributed by atoms with Crippen LogP contribution in [0.15, 0.2) is 16.8 Å². The van der Waals surface area contributed by atoms with Gasteiger partial charge in [-0.25, -0.2) is 0 Å². The van der Waals surface area contributed by atoms with Gasteiger partial charge in [0.2, 0.25) is 0 Å². The molecule has 1 aliphatic rings. The minimum atomic E-state index is -1.01. The van der Waals surface area contributed by atoms with Crippen molar-refractivity contribution in [2.45, 2.75) is 24.9 Å². The van der Waals surface area contributed by atoms with E-state index in [1.54, 1.807) is 4.90 Å². The average Bonchev–Trinajstić information content (AvgIpc) is 2.79. The molecule has 0 aliphatic carbocycles. The van der Waals surface area contributed by atoms with E-state index in [4.69, 9.17) is 5.11 Å². The lowest BCUT2D eigenvalue weighted by atomic mass is 9.96. The summed E-state index contributed by atoms with van der Waals surface area (Å²) in [5, 5.41) is 22.9.